The zero-order valence-electron chi connectivity index (χ0n) is 13.7. The van der Waals surface area contributed by atoms with E-state index in [-0.39, 0.29) is 11.7 Å². The van der Waals surface area contributed by atoms with E-state index < -0.39 is 0 Å². The standard InChI is InChI=1S/C14H18N8O2/c1-10-4-5-22-12(18-19-14(22)16-10)13(23)20(2)8-11-17-15-9-21(11)6-7-24-3/h4-5,9H,6-8H2,1-3H3. The van der Waals surface area contributed by atoms with Crippen molar-refractivity contribution < 1.29 is 9.53 Å². The smallest absolute Gasteiger partial charge is 0.292 e. The van der Waals surface area contributed by atoms with Crippen molar-refractivity contribution in [3.63, 3.8) is 0 Å². The number of ether oxygens (including phenoxy) is 1. The summed E-state index contributed by atoms with van der Waals surface area (Å²) in [6.07, 6.45) is 3.35. The number of aromatic nitrogens is 7. The zero-order valence-corrected chi connectivity index (χ0v) is 13.7. The summed E-state index contributed by atoms with van der Waals surface area (Å²) in [6.45, 7) is 3.33. The van der Waals surface area contributed by atoms with Crippen molar-refractivity contribution in [3.8, 4) is 0 Å². The van der Waals surface area contributed by atoms with Gasteiger partial charge in [0.25, 0.3) is 11.7 Å². The highest BCUT2D eigenvalue weighted by molar-refractivity contribution is 5.91. The van der Waals surface area contributed by atoms with E-state index in [0.29, 0.717) is 31.3 Å². The van der Waals surface area contributed by atoms with Crippen LogP contribution in [-0.2, 0) is 17.8 Å². The highest BCUT2D eigenvalue weighted by Crippen LogP contribution is 2.08. The summed E-state index contributed by atoms with van der Waals surface area (Å²) < 4.78 is 8.47. The Morgan fingerprint density at radius 3 is 2.96 bits per heavy atom. The van der Waals surface area contributed by atoms with Crippen LogP contribution in [0.5, 0.6) is 0 Å². The molecule has 0 unspecified atom stereocenters. The Hall–Kier alpha value is -2.88. The first-order valence-corrected chi connectivity index (χ1v) is 7.39. The minimum atomic E-state index is -0.269. The van der Waals surface area contributed by atoms with Gasteiger partial charge in [-0.1, -0.05) is 0 Å². The molecule has 10 heteroatoms. The van der Waals surface area contributed by atoms with Crippen LogP contribution in [0.4, 0.5) is 0 Å². The van der Waals surface area contributed by atoms with E-state index in [1.165, 1.54) is 4.90 Å². The van der Waals surface area contributed by atoms with Crippen molar-refractivity contribution in [2.45, 2.75) is 20.0 Å². The fraction of sp³-hybridized carbons (Fsp3) is 0.429. The topological polar surface area (TPSA) is 103 Å². The maximum atomic E-state index is 12.6. The maximum absolute atomic E-state index is 12.6. The number of aryl methyl sites for hydroxylation is 1. The van der Waals surface area contributed by atoms with Crippen molar-refractivity contribution in [3.05, 3.63) is 35.9 Å². The normalized spacial score (nSPS) is 11.1. The van der Waals surface area contributed by atoms with Gasteiger partial charge in [-0.25, -0.2) is 4.98 Å². The molecule has 3 heterocycles. The number of amides is 1. The summed E-state index contributed by atoms with van der Waals surface area (Å²) in [5.74, 6) is 1.01. The number of rotatable bonds is 6. The molecule has 0 aliphatic carbocycles. The molecule has 0 N–H and O–H groups in total. The van der Waals surface area contributed by atoms with E-state index in [1.807, 2.05) is 11.5 Å². The van der Waals surface area contributed by atoms with E-state index in [1.54, 1.807) is 37.1 Å². The lowest BCUT2D eigenvalue weighted by atomic mass is 10.4. The lowest BCUT2D eigenvalue weighted by Crippen LogP contribution is -2.29. The van der Waals surface area contributed by atoms with Crippen molar-refractivity contribution in [2.24, 2.45) is 0 Å². The average Bonchev–Trinajstić information content (AvgIpc) is 3.18. The molecule has 24 heavy (non-hydrogen) atoms. The molecule has 1 amide bonds. The molecule has 0 saturated carbocycles. The van der Waals surface area contributed by atoms with Crippen molar-refractivity contribution in [1.29, 1.82) is 0 Å². The minimum Gasteiger partial charge on any atom is -0.383 e. The number of hydrogen-bond donors (Lipinski definition) is 0. The second-order valence-corrected chi connectivity index (χ2v) is 5.36. The third-order valence-electron chi connectivity index (χ3n) is 3.57. The van der Waals surface area contributed by atoms with Gasteiger partial charge < -0.3 is 14.2 Å². The van der Waals surface area contributed by atoms with Gasteiger partial charge in [0.1, 0.15) is 6.33 Å². The highest BCUT2D eigenvalue weighted by Gasteiger charge is 2.20. The van der Waals surface area contributed by atoms with Crippen LogP contribution in [0.15, 0.2) is 18.6 Å². The van der Waals surface area contributed by atoms with Crippen molar-refractivity contribution in [2.75, 3.05) is 20.8 Å². The molecular weight excluding hydrogens is 312 g/mol. The first-order valence-electron chi connectivity index (χ1n) is 7.39. The number of nitrogens with zero attached hydrogens (tertiary/aromatic N) is 8. The fourth-order valence-electron chi connectivity index (χ4n) is 2.25. The van der Waals surface area contributed by atoms with Gasteiger partial charge in [-0.2, -0.15) is 0 Å². The van der Waals surface area contributed by atoms with Gasteiger partial charge in [-0.15, -0.1) is 20.4 Å². The Morgan fingerprint density at radius 1 is 1.33 bits per heavy atom. The number of hydrogen-bond acceptors (Lipinski definition) is 7. The van der Waals surface area contributed by atoms with Crippen molar-refractivity contribution >= 4 is 11.7 Å². The highest BCUT2D eigenvalue weighted by atomic mass is 16.5. The molecule has 3 aromatic heterocycles. The van der Waals surface area contributed by atoms with E-state index in [2.05, 4.69) is 25.4 Å². The summed E-state index contributed by atoms with van der Waals surface area (Å²) in [6, 6.07) is 1.80. The predicted molar refractivity (Wildman–Crippen MR) is 83.2 cm³/mol. The van der Waals surface area contributed by atoms with Crippen LogP contribution >= 0.6 is 0 Å². The van der Waals surface area contributed by atoms with Crippen LogP contribution in [0, 0.1) is 6.92 Å². The first kappa shape index (κ1) is 16.0. The lowest BCUT2D eigenvalue weighted by Gasteiger charge is -2.16. The Kier molecular flexibility index (Phi) is 4.47. The van der Waals surface area contributed by atoms with Gasteiger partial charge in [0.2, 0.25) is 5.82 Å². The maximum Gasteiger partial charge on any atom is 0.292 e. The van der Waals surface area contributed by atoms with E-state index >= 15 is 0 Å². The van der Waals surface area contributed by atoms with Gasteiger partial charge in [-0.3, -0.25) is 9.20 Å². The summed E-state index contributed by atoms with van der Waals surface area (Å²) in [5, 5.41) is 15.8. The van der Waals surface area contributed by atoms with E-state index in [0.717, 1.165) is 5.69 Å². The molecule has 3 rings (SSSR count). The van der Waals surface area contributed by atoms with Gasteiger partial charge in [0.15, 0.2) is 5.82 Å². The molecule has 0 spiro atoms. The predicted octanol–water partition coefficient (Wildman–Crippen LogP) is -0.0572. The second kappa shape index (κ2) is 6.71. The van der Waals surface area contributed by atoms with Crippen LogP contribution in [0.3, 0.4) is 0 Å². The molecule has 0 aromatic carbocycles. The van der Waals surface area contributed by atoms with Gasteiger partial charge in [0.05, 0.1) is 13.2 Å². The Labute approximate surface area is 138 Å². The Morgan fingerprint density at radius 2 is 2.17 bits per heavy atom. The molecule has 10 nitrogen and oxygen atoms in total. The van der Waals surface area contributed by atoms with Crippen LogP contribution in [-0.4, -0.2) is 65.9 Å². The largest absolute Gasteiger partial charge is 0.383 e. The molecule has 0 fully saturated rings. The van der Waals surface area contributed by atoms with E-state index in [9.17, 15) is 4.79 Å². The van der Waals surface area contributed by atoms with E-state index in [4.69, 9.17) is 4.74 Å². The third-order valence-corrected chi connectivity index (χ3v) is 3.57. The number of carbonyl (C=O) groups is 1. The zero-order chi connectivity index (χ0) is 17.1. The van der Waals surface area contributed by atoms with Gasteiger partial charge in [0, 0.05) is 32.6 Å². The average molecular weight is 330 g/mol. The molecule has 0 atom stereocenters. The summed E-state index contributed by atoms with van der Waals surface area (Å²) in [4.78, 5) is 18.4. The van der Waals surface area contributed by atoms with Crippen LogP contribution in [0.1, 0.15) is 22.1 Å². The Balaban J connectivity index is 1.78. The number of methoxy groups -OCH3 is 1. The summed E-state index contributed by atoms with van der Waals surface area (Å²) in [5.41, 5.74) is 0.813. The van der Waals surface area contributed by atoms with Crippen molar-refractivity contribution in [1.82, 2.24) is 39.2 Å². The Bertz CT molecular complexity index is 855. The lowest BCUT2D eigenvalue weighted by molar-refractivity contribution is 0.0765. The third kappa shape index (κ3) is 3.08. The van der Waals surface area contributed by atoms with Crippen LogP contribution < -0.4 is 0 Å². The molecule has 0 aliphatic rings. The number of carbonyl (C=O) groups excluding carboxylic acids is 1. The molecule has 0 aliphatic heterocycles. The molecule has 0 radical (unpaired) electrons. The quantitative estimate of drug-likeness (QED) is 0.624. The minimum absolute atomic E-state index is 0.211. The first-order chi connectivity index (χ1) is 11.6. The SMILES string of the molecule is COCCn1cnnc1CN(C)C(=O)c1nnc2nc(C)ccn12. The van der Waals surface area contributed by atoms with Gasteiger partial charge in [-0.05, 0) is 13.0 Å². The molecule has 3 aromatic rings. The number of fused-ring (bicyclic) bond motifs is 1. The summed E-state index contributed by atoms with van der Waals surface area (Å²) >= 11 is 0. The summed E-state index contributed by atoms with van der Waals surface area (Å²) in [7, 11) is 3.31. The van der Waals surface area contributed by atoms with Gasteiger partial charge >= 0.3 is 0 Å². The molecule has 126 valence electrons. The monoisotopic (exact) mass is 330 g/mol. The van der Waals surface area contributed by atoms with Crippen LogP contribution in [0.25, 0.3) is 5.78 Å². The second-order valence-electron chi connectivity index (χ2n) is 5.36. The molecular formula is C14H18N8O2. The fourth-order valence-corrected chi connectivity index (χ4v) is 2.25. The molecule has 0 bridgehead atoms. The molecule has 0 saturated heterocycles. The van der Waals surface area contributed by atoms with Crippen LogP contribution in [0.2, 0.25) is 0 Å².